The molecule has 14 heavy (non-hydrogen) atoms. The fourth-order valence-corrected chi connectivity index (χ4v) is 1.45. The molecule has 1 aromatic carbocycles. The van der Waals surface area contributed by atoms with Crippen molar-refractivity contribution < 1.29 is 14.0 Å². The Bertz CT molecular complexity index is 395. The van der Waals surface area contributed by atoms with Gasteiger partial charge in [0.25, 0.3) is 5.91 Å². The fourth-order valence-electron chi connectivity index (χ4n) is 0.953. The maximum absolute atomic E-state index is 13.4. The summed E-state index contributed by atoms with van der Waals surface area (Å²) in [6.07, 6.45) is 0.317. The van der Waals surface area contributed by atoms with E-state index in [1.165, 1.54) is 12.1 Å². The normalized spacial score (nSPS) is 9.57. The van der Waals surface area contributed by atoms with Gasteiger partial charge < -0.3 is 11.1 Å². The molecule has 0 bridgehead atoms. The Morgan fingerprint density at radius 3 is 2.71 bits per heavy atom. The van der Waals surface area contributed by atoms with Crippen LogP contribution in [0.1, 0.15) is 10.4 Å². The van der Waals surface area contributed by atoms with Gasteiger partial charge in [0.05, 0.1) is 11.3 Å². The summed E-state index contributed by atoms with van der Waals surface area (Å²) < 4.78 is 13.7. The first kappa shape index (κ1) is 10.6. The Hall–Kier alpha value is -1.43. The lowest BCUT2D eigenvalue weighted by Crippen LogP contribution is -2.15. The number of anilines is 1. The predicted molar refractivity (Wildman–Crippen MR) is 52.3 cm³/mol. The molecule has 0 radical (unpaired) electrons. The molecular weight excluding hydrogens is 255 g/mol. The highest BCUT2D eigenvalue weighted by atomic mass is 79.9. The fraction of sp³-hybridized carbons (Fsp3) is 0. The van der Waals surface area contributed by atoms with Gasteiger partial charge in [-0.25, -0.2) is 4.39 Å². The average Bonchev–Trinajstić information content (AvgIpc) is 2.10. The van der Waals surface area contributed by atoms with Crippen LogP contribution < -0.4 is 11.1 Å². The zero-order chi connectivity index (χ0) is 10.7. The molecule has 74 valence electrons. The van der Waals surface area contributed by atoms with Gasteiger partial charge in [0.2, 0.25) is 6.41 Å². The van der Waals surface area contributed by atoms with E-state index in [1.807, 2.05) is 0 Å². The van der Waals surface area contributed by atoms with Crippen LogP contribution in [-0.2, 0) is 4.79 Å². The number of hydrogen-bond acceptors (Lipinski definition) is 2. The van der Waals surface area contributed by atoms with E-state index in [-0.39, 0.29) is 15.7 Å². The molecule has 2 amide bonds. The monoisotopic (exact) mass is 260 g/mol. The average molecular weight is 261 g/mol. The third kappa shape index (κ3) is 1.90. The van der Waals surface area contributed by atoms with Crippen LogP contribution in [0.5, 0.6) is 0 Å². The molecule has 0 aliphatic rings. The third-order valence-corrected chi connectivity index (χ3v) is 2.21. The van der Waals surface area contributed by atoms with E-state index in [0.717, 1.165) is 0 Å². The number of carbonyl (C=O) groups excluding carboxylic acids is 2. The van der Waals surface area contributed by atoms with E-state index in [2.05, 4.69) is 21.2 Å². The van der Waals surface area contributed by atoms with Gasteiger partial charge in [0.1, 0.15) is 0 Å². The smallest absolute Gasteiger partial charge is 0.252 e. The Kier molecular flexibility index (Phi) is 3.19. The summed E-state index contributed by atoms with van der Waals surface area (Å²) in [6, 6.07) is 2.75. The number of nitrogens with one attached hydrogen (secondary N) is 1. The maximum Gasteiger partial charge on any atom is 0.252 e. The molecule has 0 heterocycles. The highest BCUT2D eigenvalue weighted by Gasteiger charge is 2.16. The molecule has 0 fully saturated rings. The molecule has 0 atom stereocenters. The number of nitrogens with two attached hydrogens (primary N) is 1. The van der Waals surface area contributed by atoms with Crippen LogP contribution in [0.25, 0.3) is 0 Å². The quantitative estimate of drug-likeness (QED) is 0.804. The summed E-state index contributed by atoms with van der Waals surface area (Å²) in [5, 5.41) is 2.11. The van der Waals surface area contributed by atoms with Gasteiger partial charge in [0.15, 0.2) is 5.82 Å². The van der Waals surface area contributed by atoms with Crippen molar-refractivity contribution >= 4 is 33.9 Å². The number of hydrogen-bond donors (Lipinski definition) is 2. The number of carbonyl (C=O) groups is 2. The van der Waals surface area contributed by atoms with E-state index in [9.17, 15) is 14.0 Å². The van der Waals surface area contributed by atoms with E-state index < -0.39 is 11.7 Å². The van der Waals surface area contributed by atoms with Crippen LogP contribution in [0, 0.1) is 5.82 Å². The number of amides is 2. The second-order valence-corrected chi connectivity index (χ2v) is 3.26. The number of rotatable bonds is 3. The van der Waals surface area contributed by atoms with Gasteiger partial charge in [-0.05, 0) is 28.1 Å². The van der Waals surface area contributed by atoms with Gasteiger partial charge in [-0.3, -0.25) is 9.59 Å². The van der Waals surface area contributed by atoms with Crippen LogP contribution in [-0.4, -0.2) is 12.3 Å². The van der Waals surface area contributed by atoms with E-state index >= 15 is 0 Å². The third-order valence-electron chi connectivity index (χ3n) is 1.55. The highest BCUT2D eigenvalue weighted by molar-refractivity contribution is 9.10. The molecule has 4 nitrogen and oxygen atoms in total. The van der Waals surface area contributed by atoms with Crippen LogP contribution in [0.3, 0.4) is 0 Å². The summed E-state index contributed by atoms with van der Waals surface area (Å²) >= 11 is 2.98. The Balaban J connectivity index is 3.32. The molecule has 0 unspecified atom stereocenters. The Morgan fingerprint density at radius 2 is 2.21 bits per heavy atom. The molecule has 0 spiro atoms. The first-order valence-electron chi connectivity index (χ1n) is 3.56. The predicted octanol–water partition coefficient (Wildman–Crippen LogP) is 1.26. The summed E-state index contributed by atoms with van der Waals surface area (Å²) in [6.45, 7) is 0. The minimum Gasteiger partial charge on any atom is -0.365 e. The SMILES string of the molecule is NC(=O)c1c(Br)ccc(NC=O)c1F. The largest absolute Gasteiger partial charge is 0.365 e. The van der Waals surface area contributed by atoms with E-state index in [1.54, 1.807) is 0 Å². The van der Waals surface area contributed by atoms with Gasteiger partial charge >= 0.3 is 0 Å². The van der Waals surface area contributed by atoms with Crippen LogP contribution in [0.4, 0.5) is 10.1 Å². The molecule has 0 saturated carbocycles. The topological polar surface area (TPSA) is 72.2 Å². The summed E-state index contributed by atoms with van der Waals surface area (Å²) in [4.78, 5) is 20.9. The van der Waals surface area contributed by atoms with Crippen molar-refractivity contribution in [2.75, 3.05) is 5.32 Å². The first-order chi connectivity index (χ1) is 6.57. The molecule has 3 N–H and O–H groups in total. The van der Waals surface area contributed by atoms with Crippen molar-refractivity contribution in [2.45, 2.75) is 0 Å². The summed E-state index contributed by atoms with van der Waals surface area (Å²) in [5.41, 5.74) is 4.59. The zero-order valence-corrected chi connectivity index (χ0v) is 8.47. The van der Waals surface area contributed by atoms with Crippen molar-refractivity contribution in [3.05, 3.63) is 28.0 Å². The summed E-state index contributed by atoms with van der Waals surface area (Å²) in [7, 11) is 0. The molecule has 0 saturated heterocycles. The highest BCUT2D eigenvalue weighted by Crippen LogP contribution is 2.25. The second kappa shape index (κ2) is 4.19. The zero-order valence-electron chi connectivity index (χ0n) is 6.88. The van der Waals surface area contributed by atoms with E-state index in [0.29, 0.717) is 6.41 Å². The molecule has 1 rings (SSSR count). The molecule has 6 heteroatoms. The van der Waals surface area contributed by atoms with Crippen molar-refractivity contribution in [2.24, 2.45) is 5.73 Å². The van der Waals surface area contributed by atoms with Crippen LogP contribution in [0.2, 0.25) is 0 Å². The molecule has 0 aliphatic carbocycles. The minimum atomic E-state index is -0.899. The van der Waals surface area contributed by atoms with Crippen molar-refractivity contribution in [1.82, 2.24) is 0 Å². The standard InChI is InChI=1S/C8H6BrFN2O2/c9-4-1-2-5(12-3-13)7(10)6(4)8(11)14/h1-3H,(H2,11,14)(H,12,13). The Morgan fingerprint density at radius 1 is 1.57 bits per heavy atom. The maximum atomic E-state index is 13.4. The minimum absolute atomic E-state index is 0.0861. The van der Waals surface area contributed by atoms with Crippen molar-refractivity contribution in [1.29, 1.82) is 0 Å². The van der Waals surface area contributed by atoms with Gasteiger partial charge in [-0.15, -0.1) is 0 Å². The van der Waals surface area contributed by atoms with Gasteiger partial charge in [-0.2, -0.15) is 0 Å². The first-order valence-corrected chi connectivity index (χ1v) is 4.35. The number of benzene rings is 1. The van der Waals surface area contributed by atoms with Crippen molar-refractivity contribution in [3.63, 3.8) is 0 Å². The Labute approximate surface area is 87.4 Å². The lowest BCUT2D eigenvalue weighted by molar-refractivity contribution is -0.105. The second-order valence-electron chi connectivity index (χ2n) is 2.41. The lowest BCUT2D eigenvalue weighted by Gasteiger charge is -2.06. The van der Waals surface area contributed by atoms with Crippen molar-refractivity contribution in [3.8, 4) is 0 Å². The van der Waals surface area contributed by atoms with Gasteiger partial charge in [-0.1, -0.05) is 0 Å². The molecule has 0 aromatic heterocycles. The molecular formula is C8H6BrFN2O2. The van der Waals surface area contributed by atoms with Crippen LogP contribution in [0.15, 0.2) is 16.6 Å². The van der Waals surface area contributed by atoms with Gasteiger partial charge in [0, 0.05) is 4.47 Å². The number of halogens is 2. The number of primary amides is 1. The lowest BCUT2D eigenvalue weighted by atomic mass is 10.2. The van der Waals surface area contributed by atoms with Crippen LogP contribution >= 0.6 is 15.9 Å². The van der Waals surface area contributed by atoms with E-state index in [4.69, 9.17) is 5.73 Å². The summed E-state index contributed by atoms with van der Waals surface area (Å²) in [5.74, 6) is -1.75. The molecule has 1 aromatic rings. The molecule has 0 aliphatic heterocycles.